The van der Waals surface area contributed by atoms with Gasteiger partial charge in [-0.2, -0.15) is 0 Å². The molecule has 1 aliphatic heterocycles. The molecule has 2 fully saturated rings. The fourth-order valence-electron chi connectivity index (χ4n) is 3.72. The van der Waals surface area contributed by atoms with Crippen molar-refractivity contribution in [1.29, 1.82) is 0 Å². The van der Waals surface area contributed by atoms with Crippen LogP contribution in [0, 0.1) is 5.92 Å². The van der Waals surface area contributed by atoms with Gasteiger partial charge in [0.15, 0.2) is 0 Å². The molecule has 2 N–H and O–H groups in total. The van der Waals surface area contributed by atoms with Crippen LogP contribution in [0.15, 0.2) is 12.2 Å². The smallest absolute Gasteiger partial charge is 0.229 e. The van der Waals surface area contributed by atoms with E-state index >= 15 is 0 Å². The molecule has 1 saturated heterocycles. The lowest BCUT2D eigenvalue weighted by molar-refractivity contribution is -0.136. The van der Waals surface area contributed by atoms with Crippen molar-refractivity contribution < 1.29 is 4.79 Å². The van der Waals surface area contributed by atoms with Crippen LogP contribution >= 0.6 is 0 Å². The third-order valence-corrected chi connectivity index (χ3v) is 4.90. The molecule has 4 heteroatoms. The van der Waals surface area contributed by atoms with E-state index in [9.17, 15) is 4.79 Å². The van der Waals surface area contributed by atoms with Gasteiger partial charge in [0.2, 0.25) is 5.91 Å². The minimum Gasteiger partial charge on any atom is -0.340 e. The van der Waals surface area contributed by atoms with Gasteiger partial charge in [-0.15, -0.1) is 0 Å². The average Bonchev–Trinajstić information content (AvgIpc) is 3.09. The number of rotatable bonds is 2. The van der Waals surface area contributed by atoms with Gasteiger partial charge in [-0.05, 0) is 19.3 Å². The Kier molecular flexibility index (Phi) is 3.89. The minimum absolute atomic E-state index is 0.0352. The molecule has 2 atom stereocenters. The number of hydrogen-bond donors (Lipinski definition) is 1. The van der Waals surface area contributed by atoms with Gasteiger partial charge in [0.05, 0.1) is 5.92 Å². The second-order valence-electron chi connectivity index (χ2n) is 6.19. The summed E-state index contributed by atoms with van der Waals surface area (Å²) in [5.41, 5.74) is 5.83. The van der Waals surface area contributed by atoms with Gasteiger partial charge in [0.1, 0.15) is 0 Å². The zero-order valence-electron chi connectivity index (χ0n) is 11.6. The van der Waals surface area contributed by atoms with Crippen LogP contribution in [0.4, 0.5) is 0 Å². The van der Waals surface area contributed by atoms with Crippen LogP contribution in [0.5, 0.6) is 0 Å². The summed E-state index contributed by atoms with van der Waals surface area (Å²) in [6.07, 6.45) is 10.2. The molecule has 2 aliphatic carbocycles. The molecule has 2 unspecified atom stereocenters. The van der Waals surface area contributed by atoms with Crippen LogP contribution in [-0.2, 0) is 4.79 Å². The molecule has 0 radical (unpaired) electrons. The second-order valence-corrected chi connectivity index (χ2v) is 6.19. The van der Waals surface area contributed by atoms with E-state index in [1.165, 1.54) is 25.7 Å². The molecule has 4 nitrogen and oxygen atoms in total. The lowest BCUT2D eigenvalue weighted by Crippen LogP contribution is -2.52. The fraction of sp³-hybridized carbons (Fsp3) is 0.800. The van der Waals surface area contributed by atoms with Crippen molar-refractivity contribution in [2.45, 2.75) is 44.2 Å². The number of nitrogens with zero attached hydrogens (tertiary/aromatic N) is 2. The minimum atomic E-state index is 0.0352. The van der Waals surface area contributed by atoms with Crippen molar-refractivity contribution in [2.75, 3.05) is 26.2 Å². The van der Waals surface area contributed by atoms with E-state index in [-0.39, 0.29) is 17.9 Å². The molecule has 1 amide bonds. The molecule has 1 heterocycles. The Balaban J connectivity index is 1.49. The lowest BCUT2D eigenvalue weighted by atomic mass is 10.1. The average molecular weight is 263 g/mol. The first-order valence-electron chi connectivity index (χ1n) is 7.71. The molecule has 0 aromatic heterocycles. The Labute approximate surface area is 115 Å². The van der Waals surface area contributed by atoms with E-state index in [0.29, 0.717) is 0 Å². The van der Waals surface area contributed by atoms with Crippen molar-refractivity contribution in [1.82, 2.24) is 9.80 Å². The first-order chi connectivity index (χ1) is 9.24. The highest BCUT2D eigenvalue weighted by atomic mass is 16.2. The third kappa shape index (κ3) is 2.84. The van der Waals surface area contributed by atoms with Gasteiger partial charge in [0.25, 0.3) is 0 Å². The van der Waals surface area contributed by atoms with E-state index < -0.39 is 0 Å². The fourth-order valence-corrected chi connectivity index (χ4v) is 3.72. The number of amides is 1. The summed E-state index contributed by atoms with van der Waals surface area (Å²) in [5.74, 6) is 0.323. The molecule has 106 valence electrons. The van der Waals surface area contributed by atoms with E-state index in [2.05, 4.69) is 4.90 Å². The maximum Gasteiger partial charge on any atom is 0.229 e. The first-order valence-corrected chi connectivity index (χ1v) is 7.71. The zero-order chi connectivity index (χ0) is 13.2. The molecule has 1 saturated carbocycles. The molecule has 19 heavy (non-hydrogen) atoms. The highest BCUT2D eigenvalue weighted by Gasteiger charge is 2.31. The van der Waals surface area contributed by atoms with Gasteiger partial charge in [-0.3, -0.25) is 9.69 Å². The highest BCUT2D eigenvalue weighted by Crippen LogP contribution is 2.25. The lowest BCUT2D eigenvalue weighted by Gasteiger charge is -2.38. The highest BCUT2D eigenvalue weighted by molar-refractivity contribution is 5.81. The van der Waals surface area contributed by atoms with Gasteiger partial charge in [0, 0.05) is 38.3 Å². The third-order valence-electron chi connectivity index (χ3n) is 4.90. The van der Waals surface area contributed by atoms with Crippen LogP contribution in [-0.4, -0.2) is 54.0 Å². The molecule has 0 bridgehead atoms. The summed E-state index contributed by atoms with van der Waals surface area (Å²) in [6.45, 7) is 3.90. The van der Waals surface area contributed by atoms with Crippen molar-refractivity contribution in [3.05, 3.63) is 12.2 Å². The summed E-state index contributed by atoms with van der Waals surface area (Å²) in [4.78, 5) is 17.0. The summed E-state index contributed by atoms with van der Waals surface area (Å²) >= 11 is 0. The summed E-state index contributed by atoms with van der Waals surface area (Å²) < 4.78 is 0. The van der Waals surface area contributed by atoms with Gasteiger partial charge in [-0.1, -0.05) is 25.0 Å². The molecule has 0 aromatic carbocycles. The van der Waals surface area contributed by atoms with Crippen LogP contribution in [0.1, 0.15) is 32.1 Å². The van der Waals surface area contributed by atoms with Crippen molar-refractivity contribution >= 4 is 5.91 Å². The van der Waals surface area contributed by atoms with E-state index in [1.54, 1.807) is 0 Å². The summed E-state index contributed by atoms with van der Waals surface area (Å²) in [6, 6.07) is 0.866. The van der Waals surface area contributed by atoms with Crippen LogP contribution < -0.4 is 5.73 Å². The Morgan fingerprint density at radius 3 is 2.32 bits per heavy atom. The Morgan fingerprint density at radius 2 is 1.74 bits per heavy atom. The largest absolute Gasteiger partial charge is 0.340 e. The normalized spacial score (nSPS) is 33.2. The standard InChI is InChI=1S/C15H25N3O/c16-13-6-5-12(11-13)15(19)18-9-7-17(8-10-18)14-3-1-2-4-14/h5-6,12-14H,1-4,7-11,16H2. The molecule has 3 aliphatic rings. The van der Waals surface area contributed by atoms with Crippen LogP contribution in [0.25, 0.3) is 0 Å². The Bertz CT molecular complexity index is 354. The van der Waals surface area contributed by atoms with Gasteiger partial charge < -0.3 is 10.6 Å². The van der Waals surface area contributed by atoms with Crippen LogP contribution in [0.2, 0.25) is 0 Å². The maximum absolute atomic E-state index is 12.4. The van der Waals surface area contributed by atoms with Crippen molar-refractivity contribution in [2.24, 2.45) is 11.7 Å². The number of piperazine rings is 1. The Morgan fingerprint density at radius 1 is 1.05 bits per heavy atom. The monoisotopic (exact) mass is 263 g/mol. The van der Waals surface area contributed by atoms with Crippen molar-refractivity contribution in [3.8, 4) is 0 Å². The SMILES string of the molecule is NC1C=CC(C(=O)N2CCN(C3CCCC3)CC2)C1. The quantitative estimate of drug-likeness (QED) is 0.756. The number of carbonyl (C=O) groups is 1. The molecular formula is C15H25N3O. The number of nitrogens with two attached hydrogens (primary N) is 1. The maximum atomic E-state index is 12.4. The Hall–Kier alpha value is -0.870. The van der Waals surface area contributed by atoms with E-state index in [0.717, 1.165) is 38.6 Å². The van der Waals surface area contributed by atoms with Crippen molar-refractivity contribution in [3.63, 3.8) is 0 Å². The number of hydrogen-bond acceptors (Lipinski definition) is 3. The molecule has 0 aromatic rings. The molecule has 0 spiro atoms. The zero-order valence-corrected chi connectivity index (χ0v) is 11.6. The topological polar surface area (TPSA) is 49.6 Å². The van der Waals surface area contributed by atoms with Gasteiger partial charge >= 0.3 is 0 Å². The molecule has 3 rings (SSSR count). The molecular weight excluding hydrogens is 238 g/mol. The summed E-state index contributed by atoms with van der Waals surface area (Å²) in [5, 5.41) is 0. The number of carbonyl (C=O) groups excluding carboxylic acids is 1. The first kappa shape index (κ1) is 13.1. The predicted octanol–water partition coefficient (Wildman–Crippen LogP) is 0.977. The van der Waals surface area contributed by atoms with E-state index in [4.69, 9.17) is 5.73 Å². The second kappa shape index (κ2) is 5.63. The van der Waals surface area contributed by atoms with Crippen LogP contribution in [0.3, 0.4) is 0 Å². The van der Waals surface area contributed by atoms with Gasteiger partial charge in [-0.25, -0.2) is 0 Å². The summed E-state index contributed by atoms with van der Waals surface area (Å²) in [7, 11) is 0. The van der Waals surface area contributed by atoms with E-state index in [1.807, 2.05) is 17.1 Å². The predicted molar refractivity (Wildman–Crippen MR) is 75.6 cm³/mol.